The SMILES string of the molecule is CC(=O)/C=C/C(=O)C1CCCC(C)CCC1. The van der Waals surface area contributed by atoms with Crippen LogP contribution in [0.4, 0.5) is 0 Å². The summed E-state index contributed by atoms with van der Waals surface area (Å²) in [6.07, 6.45) is 9.61. The molecular weight excluding hydrogens is 200 g/mol. The molecule has 0 unspecified atom stereocenters. The standard InChI is InChI=1S/C14H22O2/c1-11-5-3-7-13(8-4-6-11)14(16)10-9-12(2)15/h9-11,13H,3-8H2,1-2H3/b10-9+. The van der Waals surface area contributed by atoms with Crippen LogP contribution >= 0.6 is 0 Å². The van der Waals surface area contributed by atoms with E-state index in [1.807, 2.05) is 0 Å². The molecular formula is C14H22O2. The van der Waals surface area contributed by atoms with E-state index in [1.54, 1.807) is 0 Å². The molecule has 0 heterocycles. The third-order valence-electron chi connectivity index (χ3n) is 3.38. The Morgan fingerprint density at radius 2 is 1.56 bits per heavy atom. The van der Waals surface area contributed by atoms with E-state index < -0.39 is 0 Å². The van der Waals surface area contributed by atoms with Crippen molar-refractivity contribution < 1.29 is 9.59 Å². The summed E-state index contributed by atoms with van der Waals surface area (Å²) in [5.74, 6) is 1.06. The van der Waals surface area contributed by atoms with Gasteiger partial charge >= 0.3 is 0 Å². The van der Waals surface area contributed by atoms with E-state index in [9.17, 15) is 9.59 Å². The van der Waals surface area contributed by atoms with Crippen molar-refractivity contribution in [2.75, 3.05) is 0 Å². The Morgan fingerprint density at radius 3 is 2.06 bits per heavy atom. The Bertz CT molecular complexity index is 268. The van der Waals surface area contributed by atoms with Gasteiger partial charge in [-0.2, -0.15) is 0 Å². The lowest BCUT2D eigenvalue weighted by Crippen LogP contribution is -2.15. The van der Waals surface area contributed by atoms with Crippen LogP contribution in [0.3, 0.4) is 0 Å². The lowest BCUT2D eigenvalue weighted by Gasteiger charge is -2.20. The van der Waals surface area contributed by atoms with Crippen LogP contribution in [0.15, 0.2) is 12.2 Å². The van der Waals surface area contributed by atoms with Gasteiger partial charge < -0.3 is 0 Å². The first-order valence-corrected chi connectivity index (χ1v) is 6.32. The first kappa shape index (κ1) is 13.1. The topological polar surface area (TPSA) is 34.1 Å². The van der Waals surface area contributed by atoms with Crippen molar-refractivity contribution in [2.45, 2.75) is 52.4 Å². The first-order valence-electron chi connectivity index (χ1n) is 6.32. The van der Waals surface area contributed by atoms with E-state index in [-0.39, 0.29) is 17.5 Å². The van der Waals surface area contributed by atoms with Gasteiger partial charge in [0.15, 0.2) is 11.6 Å². The molecule has 90 valence electrons. The number of rotatable bonds is 3. The van der Waals surface area contributed by atoms with E-state index in [0.29, 0.717) is 0 Å². The fourth-order valence-electron chi connectivity index (χ4n) is 2.33. The molecule has 0 aromatic rings. The number of hydrogen-bond donors (Lipinski definition) is 0. The molecule has 0 spiro atoms. The maximum atomic E-state index is 11.8. The minimum absolute atomic E-state index is 0.0483. The van der Waals surface area contributed by atoms with E-state index in [0.717, 1.165) is 31.6 Å². The Kier molecular flexibility index (Phi) is 5.44. The van der Waals surface area contributed by atoms with Gasteiger partial charge in [-0.3, -0.25) is 9.59 Å². The smallest absolute Gasteiger partial charge is 0.158 e. The highest BCUT2D eigenvalue weighted by Crippen LogP contribution is 2.26. The average molecular weight is 222 g/mol. The summed E-state index contributed by atoms with van der Waals surface area (Å²) in [4.78, 5) is 22.6. The van der Waals surface area contributed by atoms with E-state index in [1.165, 1.54) is 31.9 Å². The maximum absolute atomic E-state index is 11.8. The highest BCUT2D eigenvalue weighted by atomic mass is 16.1. The number of ketones is 2. The summed E-state index contributed by atoms with van der Waals surface area (Å²) in [5, 5.41) is 0. The minimum atomic E-state index is -0.0483. The number of carbonyl (C=O) groups excluding carboxylic acids is 2. The van der Waals surface area contributed by atoms with Crippen LogP contribution in [0, 0.1) is 11.8 Å². The molecule has 0 amide bonds. The second-order valence-corrected chi connectivity index (χ2v) is 5.01. The first-order chi connectivity index (χ1) is 7.59. The zero-order chi connectivity index (χ0) is 12.0. The molecule has 1 aliphatic carbocycles. The second-order valence-electron chi connectivity index (χ2n) is 5.01. The molecule has 0 aliphatic heterocycles. The van der Waals surface area contributed by atoms with Gasteiger partial charge in [-0.25, -0.2) is 0 Å². The van der Waals surface area contributed by atoms with Crippen LogP contribution < -0.4 is 0 Å². The molecule has 0 aromatic carbocycles. The van der Waals surface area contributed by atoms with Crippen molar-refractivity contribution in [1.82, 2.24) is 0 Å². The molecule has 0 N–H and O–H groups in total. The van der Waals surface area contributed by atoms with Crippen molar-refractivity contribution in [1.29, 1.82) is 0 Å². The quantitative estimate of drug-likeness (QED) is 0.686. The van der Waals surface area contributed by atoms with Crippen LogP contribution in [0.2, 0.25) is 0 Å². The average Bonchev–Trinajstić information content (AvgIpc) is 2.19. The Morgan fingerprint density at radius 1 is 1.00 bits per heavy atom. The van der Waals surface area contributed by atoms with Gasteiger partial charge in [0, 0.05) is 5.92 Å². The number of carbonyl (C=O) groups is 2. The zero-order valence-electron chi connectivity index (χ0n) is 10.4. The summed E-state index contributed by atoms with van der Waals surface area (Å²) < 4.78 is 0. The lowest BCUT2D eigenvalue weighted by molar-refractivity contribution is -0.119. The molecule has 2 heteroatoms. The predicted molar refractivity (Wildman–Crippen MR) is 65.2 cm³/mol. The van der Waals surface area contributed by atoms with E-state index in [4.69, 9.17) is 0 Å². The summed E-state index contributed by atoms with van der Waals surface area (Å²) in [7, 11) is 0. The Balaban J connectivity index is 2.46. The lowest BCUT2D eigenvalue weighted by atomic mass is 9.84. The Hall–Kier alpha value is -0.920. The van der Waals surface area contributed by atoms with E-state index in [2.05, 4.69) is 6.92 Å². The van der Waals surface area contributed by atoms with Gasteiger partial charge in [0.25, 0.3) is 0 Å². The van der Waals surface area contributed by atoms with Gasteiger partial charge in [-0.05, 0) is 37.8 Å². The van der Waals surface area contributed by atoms with Crippen molar-refractivity contribution in [2.24, 2.45) is 11.8 Å². The molecule has 1 saturated carbocycles. The molecule has 1 rings (SSSR count). The van der Waals surface area contributed by atoms with Crippen LogP contribution in [0.1, 0.15) is 52.4 Å². The molecule has 1 aliphatic rings. The number of allylic oxidation sites excluding steroid dienone is 2. The molecule has 0 bridgehead atoms. The molecule has 1 fully saturated rings. The molecule has 0 atom stereocenters. The van der Waals surface area contributed by atoms with Gasteiger partial charge in [-0.1, -0.05) is 32.6 Å². The van der Waals surface area contributed by atoms with Crippen LogP contribution in [-0.4, -0.2) is 11.6 Å². The summed E-state index contributed by atoms with van der Waals surface area (Å²) in [6.45, 7) is 3.77. The largest absolute Gasteiger partial charge is 0.295 e. The normalized spacial score (nSPS) is 27.4. The molecule has 2 nitrogen and oxygen atoms in total. The van der Waals surface area contributed by atoms with Crippen molar-refractivity contribution in [3.63, 3.8) is 0 Å². The third kappa shape index (κ3) is 4.73. The van der Waals surface area contributed by atoms with Crippen LogP contribution in [0.25, 0.3) is 0 Å². The van der Waals surface area contributed by atoms with Gasteiger partial charge in [0.05, 0.1) is 0 Å². The highest BCUT2D eigenvalue weighted by Gasteiger charge is 2.18. The summed E-state index contributed by atoms with van der Waals surface area (Å²) in [6, 6.07) is 0. The molecule has 16 heavy (non-hydrogen) atoms. The van der Waals surface area contributed by atoms with Crippen molar-refractivity contribution in [3.05, 3.63) is 12.2 Å². The zero-order valence-corrected chi connectivity index (χ0v) is 10.4. The predicted octanol–water partition coefficient (Wildman–Crippen LogP) is 3.31. The van der Waals surface area contributed by atoms with Crippen molar-refractivity contribution >= 4 is 11.6 Å². The van der Waals surface area contributed by atoms with Gasteiger partial charge in [0.1, 0.15) is 0 Å². The maximum Gasteiger partial charge on any atom is 0.158 e. The second kappa shape index (κ2) is 6.62. The molecule has 0 aromatic heterocycles. The third-order valence-corrected chi connectivity index (χ3v) is 3.38. The monoisotopic (exact) mass is 222 g/mol. The number of hydrogen-bond acceptors (Lipinski definition) is 2. The Labute approximate surface area is 98.1 Å². The summed E-state index contributed by atoms with van der Waals surface area (Å²) >= 11 is 0. The van der Waals surface area contributed by atoms with Crippen molar-refractivity contribution in [3.8, 4) is 0 Å². The van der Waals surface area contributed by atoms with Gasteiger partial charge in [-0.15, -0.1) is 0 Å². The van der Waals surface area contributed by atoms with Crippen LogP contribution in [-0.2, 0) is 9.59 Å². The van der Waals surface area contributed by atoms with Gasteiger partial charge in [0.2, 0.25) is 0 Å². The summed E-state index contributed by atoms with van der Waals surface area (Å²) in [5.41, 5.74) is 0. The minimum Gasteiger partial charge on any atom is -0.295 e. The molecule has 0 radical (unpaired) electrons. The molecule has 0 saturated heterocycles. The van der Waals surface area contributed by atoms with E-state index >= 15 is 0 Å². The van der Waals surface area contributed by atoms with Crippen LogP contribution in [0.5, 0.6) is 0 Å². The fraction of sp³-hybridized carbons (Fsp3) is 0.714. The fourth-order valence-corrected chi connectivity index (χ4v) is 2.33. The highest BCUT2D eigenvalue weighted by molar-refractivity contribution is 5.98.